The van der Waals surface area contributed by atoms with Gasteiger partial charge in [-0.15, -0.1) is 0 Å². The van der Waals surface area contributed by atoms with Crippen LogP contribution in [0, 0.1) is 0 Å². The van der Waals surface area contributed by atoms with Crippen molar-refractivity contribution in [3.8, 4) is 5.75 Å². The number of nitrogens with one attached hydrogen (secondary N) is 1. The molecule has 0 bridgehead atoms. The Bertz CT molecular complexity index is 596. The first-order valence-corrected chi connectivity index (χ1v) is 6.75. The van der Waals surface area contributed by atoms with Crippen molar-refractivity contribution in [1.82, 2.24) is 4.98 Å². The molecule has 0 amide bonds. The molecule has 5 heteroatoms. The lowest BCUT2D eigenvalue weighted by atomic mass is 10.2. The summed E-state index contributed by atoms with van der Waals surface area (Å²) in [4.78, 5) is 4.39. The number of nitrogens with zero attached hydrogens (tertiary/aromatic N) is 1. The van der Waals surface area contributed by atoms with E-state index in [0.29, 0.717) is 5.69 Å². The fraction of sp³-hybridized carbons (Fsp3) is 0.200. The molecule has 0 unspecified atom stereocenters. The number of anilines is 2. The molecule has 0 atom stereocenters. The summed E-state index contributed by atoms with van der Waals surface area (Å²) >= 11 is 4.91. The van der Waals surface area contributed by atoms with E-state index >= 15 is 0 Å². The maximum Gasteiger partial charge on any atom is 0.122 e. The summed E-state index contributed by atoms with van der Waals surface area (Å²) in [5.74, 6) is 0.851. The Hall–Kier alpha value is -2.14. The minimum Gasteiger partial charge on any atom is -0.491 e. The van der Waals surface area contributed by atoms with Gasteiger partial charge < -0.3 is 15.8 Å². The number of hydrogen-bond acceptors (Lipinski definition) is 4. The van der Waals surface area contributed by atoms with E-state index in [9.17, 15) is 0 Å². The third-order valence-electron chi connectivity index (χ3n) is 2.53. The minimum atomic E-state index is 0.169. The van der Waals surface area contributed by atoms with Crippen molar-refractivity contribution < 1.29 is 4.74 Å². The lowest BCUT2D eigenvalue weighted by Crippen LogP contribution is -2.11. The molecule has 20 heavy (non-hydrogen) atoms. The van der Waals surface area contributed by atoms with Crippen molar-refractivity contribution in [3.63, 3.8) is 0 Å². The number of thiocarbonyl (C=S) groups is 1. The van der Waals surface area contributed by atoms with Crippen LogP contribution in [0.3, 0.4) is 0 Å². The third kappa shape index (κ3) is 3.93. The van der Waals surface area contributed by atoms with E-state index < -0.39 is 0 Å². The van der Waals surface area contributed by atoms with E-state index in [1.54, 1.807) is 6.20 Å². The number of nitrogens with two attached hydrogens (primary N) is 1. The van der Waals surface area contributed by atoms with Gasteiger partial charge in [0.15, 0.2) is 0 Å². The second-order valence-electron chi connectivity index (χ2n) is 4.61. The van der Waals surface area contributed by atoms with Crippen molar-refractivity contribution in [1.29, 1.82) is 0 Å². The predicted molar refractivity (Wildman–Crippen MR) is 85.6 cm³/mol. The standard InChI is InChI=1S/C15H17N3OS/c1-10(2)19-13-5-3-11(4-6-13)18-12-7-8-17-14(9-12)15(16)20/h3-10H,1-2H3,(H2,16,20)(H,17,18). The number of ether oxygens (including phenoxy) is 1. The summed E-state index contributed by atoms with van der Waals surface area (Å²) in [5, 5.41) is 3.27. The molecular weight excluding hydrogens is 270 g/mol. The van der Waals surface area contributed by atoms with E-state index in [-0.39, 0.29) is 11.1 Å². The van der Waals surface area contributed by atoms with Gasteiger partial charge in [0.25, 0.3) is 0 Å². The lowest BCUT2D eigenvalue weighted by molar-refractivity contribution is 0.242. The average Bonchev–Trinajstić information content (AvgIpc) is 2.41. The SMILES string of the molecule is CC(C)Oc1ccc(Nc2ccnc(C(N)=S)c2)cc1. The zero-order valence-corrected chi connectivity index (χ0v) is 12.3. The van der Waals surface area contributed by atoms with Crippen LogP contribution in [0.25, 0.3) is 0 Å². The number of pyridine rings is 1. The van der Waals surface area contributed by atoms with Crippen molar-refractivity contribution >= 4 is 28.6 Å². The number of rotatable bonds is 5. The average molecular weight is 287 g/mol. The summed E-state index contributed by atoms with van der Waals surface area (Å²) in [6, 6.07) is 11.5. The molecule has 0 spiro atoms. The van der Waals surface area contributed by atoms with Crippen molar-refractivity contribution in [2.75, 3.05) is 5.32 Å². The molecule has 0 aliphatic heterocycles. The van der Waals surface area contributed by atoms with Gasteiger partial charge in [-0.3, -0.25) is 4.98 Å². The van der Waals surface area contributed by atoms with Gasteiger partial charge in [0.1, 0.15) is 10.7 Å². The number of benzene rings is 1. The molecule has 0 radical (unpaired) electrons. The molecule has 1 heterocycles. The van der Waals surface area contributed by atoms with E-state index in [4.69, 9.17) is 22.7 Å². The fourth-order valence-corrected chi connectivity index (χ4v) is 1.81. The summed E-state index contributed by atoms with van der Waals surface area (Å²) < 4.78 is 5.60. The lowest BCUT2D eigenvalue weighted by Gasteiger charge is -2.11. The quantitative estimate of drug-likeness (QED) is 0.827. The Morgan fingerprint density at radius 2 is 1.90 bits per heavy atom. The number of aromatic nitrogens is 1. The third-order valence-corrected chi connectivity index (χ3v) is 2.74. The topological polar surface area (TPSA) is 60.2 Å². The highest BCUT2D eigenvalue weighted by atomic mass is 32.1. The molecule has 0 saturated carbocycles. The maximum absolute atomic E-state index is 5.60. The Kier molecular flexibility index (Phi) is 4.53. The first-order chi connectivity index (χ1) is 9.54. The van der Waals surface area contributed by atoms with Gasteiger partial charge in [0, 0.05) is 17.6 Å². The fourth-order valence-electron chi connectivity index (χ4n) is 1.70. The molecule has 104 valence electrons. The Morgan fingerprint density at radius 1 is 1.20 bits per heavy atom. The highest BCUT2D eigenvalue weighted by Gasteiger charge is 2.01. The van der Waals surface area contributed by atoms with Crippen molar-refractivity contribution in [3.05, 3.63) is 48.3 Å². The van der Waals surface area contributed by atoms with E-state index in [2.05, 4.69) is 10.3 Å². The molecule has 0 saturated heterocycles. The molecule has 1 aromatic carbocycles. The van der Waals surface area contributed by atoms with Crippen LogP contribution in [-0.4, -0.2) is 16.1 Å². The Balaban J connectivity index is 2.10. The van der Waals surface area contributed by atoms with Gasteiger partial charge in [0.2, 0.25) is 0 Å². The van der Waals surface area contributed by atoms with Crippen LogP contribution in [0.1, 0.15) is 19.5 Å². The van der Waals surface area contributed by atoms with Gasteiger partial charge in [0.05, 0.1) is 11.8 Å². The van der Waals surface area contributed by atoms with Crippen LogP contribution in [0.4, 0.5) is 11.4 Å². The highest BCUT2D eigenvalue weighted by Crippen LogP contribution is 2.20. The van der Waals surface area contributed by atoms with Crippen molar-refractivity contribution in [2.24, 2.45) is 5.73 Å². The van der Waals surface area contributed by atoms with E-state index in [0.717, 1.165) is 17.1 Å². The minimum absolute atomic E-state index is 0.169. The molecule has 2 aromatic rings. The molecular formula is C15H17N3OS. The van der Waals surface area contributed by atoms with Gasteiger partial charge in [-0.05, 0) is 50.2 Å². The predicted octanol–water partition coefficient (Wildman–Crippen LogP) is 3.25. The molecule has 4 nitrogen and oxygen atoms in total. The zero-order chi connectivity index (χ0) is 14.5. The van der Waals surface area contributed by atoms with E-state index in [1.165, 1.54) is 0 Å². The molecule has 0 fully saturated rings. The maximum atomic E-state index is 5.60. The van der Waals surface area contributed by atoms with Gasteiger partial charge in [-0.1, -0.05) is 12.2 Å². The number of hydrogen-bond donors (Lipinski definition) is 2. The monoisotopic (exact) mass is 287 g/mol. The van der Waals surface area contributed by atoms with Crippen LogP contribution in [0.5, 0.6) is 5.75 Å². The largest absolute Gasteiger partial charge is 0.491 e. The summed E-state index contributed by atoms with van der Waals surface area (Å²) in [5.41, 5.74) is 8.02. The van der Waals surface area contributed by atoms with Gasteiger partial charge in [-0.25, -0.2) is 0 Å². The van der Waals surface area contributed by atoms with Crippen LogP contribution < -0.4 is 15.8 Å². The second-order valence-corrected chi connectivity index (χ2v) is 5.05. The second kappa shape index (κ2) is 6.34. The zero-order valence-electron chi connectivity index (χ0n) is 11.5. The first-order valence-electron chi connectivity index (χ1n) is 6.34. The van der Waals surface area contributed by atoms with Crippen LogP contribution in [-0.2, 0) is 0 Å². The molecule has 0 aliphatic rings. The highest BCUT2D eigenvalue weighted by molar-refractivity contribution is 7.80. The van der Waals surface area contributed by atoms with Crippen LogP contribution in [0.2, 0.25) is 0 Å². The molecule has 2 rings (SSSR count). The molecule has 0 aliphatic carbocycles. The van der Waals surface area contributed by atoms with Gasteiger partial charge >= 0.3 is 0 Å². The molecule has 3 N–H and O–H groups in total. The Labute approximate surface area is 124 Å². The summed E-state index contributed by atoms with van der Waals surface area (Å²) in [6.45, 7) is 4.00. The normalized spacial score (nSPS) is 10.3. The smallest absolute Gasteiger partial charge is 0.122 e. The molecule has 1 aromatic heterocycles. The summed E-state index contributed by atoms with van der Waals surface area (Å²) in [7, 11) is 0. The first kappa shape index (κ1) is 14.3. The summed E-state index contributed by atoms with van der Waals surface area (Å²) in [6.07, 6.45) is 1.84. The van der Waals surface area contributed by atoms with E-state index in [1.807, 2.05) is 50.2 Å². The van der Waals surface area contributed by atoms with Crippen LogP contribution >= 0.6 is 12.2 Å². The van der Waals surface area contributed by atoms with Crippen molar-refractivity contribution in [2.45, 2.75) is 20.0 Å². The Morgan fingerprint density at radius 3 is 2.50 bits per heavy atom. The van der Waals surface area contributed by atoms with Crippen LogP contribution in [0.15, 0.2) is 42.6 Å². The van der Waals surface area contributed by atoms with Gasteiger partial charge in [-0.2, -0.15) is 0 Å².